The van der Waals surface area contributed by atoms with E-state index >= 15 is 0 Å². The molecule has 0 bridgehead atoms. The third kappa shape index (κ3) is 3.48. The first kappa shape index (κ1) is 18.1. The van der Waals surface area contributed by atoms with Gasteiger partial charge in [-0.15, -0.1) is 0 Å². The SMILES string of the molecule is Cc1cccc(NC(=O)C2CC(=O)N(c3ccccc3Br)C2)c1C(N)=O. The summed E-state index contributed by atoms with van der Waals surface area (Å²) in [7, 11) is 0. The van der Waals surface area contributed by atoms with Crippen molar-refractivity contribution in [3.63, 3.8) is 0 Å². The van der Waals surface area contributed by atoms with Gasteiger partial charge in [-0.2, -0.15) is 0 Å². The van der Waals surface area contributed by atoms with Crippen LogP contribution in [0, 0.1) is 12.8 Å². The van der Waals surface area contributed by atoms with Gasteiger partial charge < -0.3 is 16.0 Å². The number of hydrogen-bond acceptors (Lipinski definition) is 3. The highest BCUT2D eigenvalue weighted by Gasteiger charge is 2.36. The monoisotopic (exact) mass is 415 g/mol. The number of hydrogen-bond donors (Lipinski definition) is 2. The van der Waals surface area contributed by atoms with E-state index in [0.29, 0.717) is 11.3 Å². The maximum atomic E-state index is 12.7. The second-order valence-electron chi connectivity index (χ2n) is 6.21. The number of para-hydroxylation sites is 1. The van der Waals surface area contributed by atoms with Crippen molar-refractivity contribution >= 4 is 45.0 Å². The Morgan fingerprint density at radius 1 is 1.19 bits per heavy atom. The fourth-order valence-corrected chi connectivity index (χ4v) is 3.62. The standard InChI is InChI=1S/C19H18BrN3O3/c1-11-5-4-7-14(17(11)18(21)25)22-19(26)12-9-16(24)23(10-12)15-8-3-2-6-13(15)20/h2-8,12H,9-10H2,1H3,(H2,21,25)(H,22,26). The minimum atomic E-state index is -0.601. The summed E-state index contributed by atoms with van der Waals surface area (Å²) in [6.45, 7) is 2.04. The van der Waals surface area contributed by atoms with Crippen molar-refractivity contribution in [3.8, 4) is 0 Å². The van der Waals surface area contributed by atoms with Crippen molar-refractivity contribution in [1.29, 1.82) is 0 Å². The molecule has 0 spiro atoms. The summed E-state index contributed by atoms with van der Waals surface area (Å²) in [6.07, 6.45) is 0.116. The normalized spacial score (nSPS) is 16.6. The number of nitrogens with two attached hydrogens (primary N) is 1. The first-order chi connectivity index (χ1) is 12.4. The third-order valence-corrected chi connectivity index (χ3v) is 5.09. The minimum Gasteiger partial charge on any atom is -0.366 e. The Kier molecular flexibility index (Phi) is 5.08. The number of anilines is 2. The quantitative estimate of drug-likeness (QED) is 0.803. The molecule has 26 heavy (non-hydrogen) atoms. The van der Waals surface area contributed by atoms with Crippen LogP contribution in [0.3, 0.4) is 0 Å². The molecule has 7 heteroatoms. The Morgan fingerprint density at radius 3 is 2.62 bits per heavy atom. The number of halogens is 1. The Morgan fingerprint density at radius 2 is 1.92 bits per heavy atom. The number of amides is 3. The molecule has 3 amide bonds. The Labute approximate surface area is 159 Å². The molecule has 1 atom stereocenters. The van der Waals surface area contributed by atoms with E-state index in [1.54, 1.807) is 30.0 Å². The molecular weight excluding hydrogens is 398 g/mol. The van der Waals surface area contributed by atoms with Crippen LogP contribution in [0.2, 0.25) is 0 Å². The Bertz CT molecular complexity index is 897. The number of aryl methyl sites for hydroxylation is 1. The topological polar surface area (TPSA) is 92.5 Å². The molecule has 1 unspecified atom stereocenters. The second-order valence-corrected chi connectivity index (χ2v) is 7.06. The molecule has 2 aromatic rings. The van der Waals surface area contributed by atoms with Crippen molar-refractivity contribution < 1.29 is 14.4 Å². The first-order valence-electron chi connectivity index (χ1n) is 8.13. The van der Waals surface area contributed by atoms with Gasteiger partial charge in [0.15, 0.2) is 0 Å². The molecule has 134 valence electrons. The van der Waals surface area contributed by atoms with Crippen LogP contribution >= 0.6 is 15.9 Å². The van der Waals surface area contributed by atoms with Gasteiger partial charge in [0.2, 0.25) is 11.8 Å². The summed E-state index contributed by atoms with van der Waals surface area (Å²) in [4.78, 5) is 38.3. The summed E-state index contributed by atoms with van der Waals surface area (Å²) < 4.78 is 0.795. The van der Waals surface area contributed by atoms with Crippen LogP contribution in [0.25, 0.3) is 0 Å². The molecular formula is C19H18BrN3O3. The highest BCUT2D eigenvalue weighted by atomic mass is 79.9. The zero-order valence-electron chi connectivity index (χ0n) is 14.2. The van der Waals surface area contributed by atoms with Crippen molar-refractivity contribution in [3.05, 3.63) is 58.1 Å². The molecule has 1 aliphatic heterocycles. The van der Waals surface area contributed by atoms with E-state index in [0.717, 1.165) is 10.2 Å². The molecule has 1 fully saturated rings. The molecule has 1 saturated heterocycles. The number of rotatable bonds is 4. The van der Waals surface area contributed by atoms with E-state index in [4.69, 9.17) is 5.73 Å². The van der Waals surface area contributed by atoms with Gasteiger partial charge in [-0.3, -0.25) is 14.4 Å². The summed E-state index contributed by atoms with van der Waals surface area (Å²) >= 11 is 3.43. The molecule has 0 aliphatic carbocycles. The maximum absolute atomic E-state index is 12.7. The van der Waals surface area contributed by atoms with E-state index in [9.17, 15) is 14.4 Å². The summed E-state index contributed by atoms with van der Waals surface area (Å²) in [5, 5.41) is 2.75. The fourth-order valence-electron chi connectivity index (χ4n) is 3.12. The fraction of sp³-hybridized carbons (Fsp3) is 0.211. The highest BCUT2D eigenvalue weighted by Crippen LogP contribution is 2.32. The molecule has 3 rings (SSSR count). The number of nitrogens with zero attached hydrogens (tertiary/aromatic N) is 1. The lowest BCUT2D eigenvalue weighted by molar-refractivity contribution is -0.122. The zero-order valence-corrected chi connectivity index (χ0v) is 15.7. The Hall–Kier alpha value is -2.67. The first-order valence-corrected chi connectivity index (χ1v) is 8.93. The lowest BCUT2D eigenvalue weighted by Gasteiger charge is -2.18. The smallest absolute Gasteiger partial charge is 0.251 e. The number of primary amides is 1. The van der Waals surface area contributed by atoms with Gasteiger partial charge in [0.1, 0.15) is 0 Å². The lowest BCUT2D eigenvalue weighted by atomic mass is 10.0. The molecule has 0 radical (unpaired) electrons. The highest BCUT2D eigenvalue weighted by molar-refractivity contribution is 9.10. The van der Waals surface area contributed by atoms with Gasteiger partial charge in [-0.05, 0) is 46.6 Å². The predicted octanol–water partition coefficient (Wildman–Crippen LogP) is 2.85. The molecule has 6 nitrogen and oxygen atoms in total. The average Bonchev–Trinajstić information content (AvgIpc) is 2.97. The average molecular weight is 416 g/mol. The van der Waals surface area contributed by atoms with Crippen molar-refractivity contribution in [2.75, 3.05) is 16.8 Å². The van der Waals surface area contributed by atoms with Gasteiger partial charge in [-0.25, -0.2) is 0 Å². The van der Waals surface area contributed by atoms with Crippen LogP contribution in [0.1, 0.15) is 22.3 Å². The van der Waals surface area contributed by atoms with Crippen LogP contribution in [0.15, 0.2) is 46.9 Å². The summed E-state index contributed by atoms with van der Waals surface area (Å²) in [5.74, 6) is -1.52. The Balaban J connectivity index is 1.79. The van der Waals surface area contributed by atoms with Crippen molar-refractivity contribution in [2.24, 2.45) is 11.7 Å². The van der Waals surface area contributed by atoms with Crippen LogP contribution in [-0.4, -0.2) is 24.3 Å². The number of benzene rings is 2. The molecule has 3 N–H and O–H groups in total. The lowest BCUT2D eigenvalue weighted by Crippen LogP contribution is -2.29. The van der Waals surface area contributed by atoms with Gasteiger partial charge in [-0.1, -0.05) is 24.3 Å². The van der Waals surface area contributed by atoms with E-state index in [2.05, 4.69) is 21.2 Å². The van der Waals surface area contributed by atoms with Gasteiger partial charge in [0, 0.05) is 17.4 Å². The van der Waals surface area contributed by atoms with Gasteiger partial charge in [0.25, 0.3) is 5.91 Å². The molecule has 2 aromatic carbocycles. The van der Waals surface area contributed by atoms with E-state index in [1.807, 2.05) is 24.3 Å². The van der Waals surface area contributed by atoms with Gasteiger partial charge >= 0.3 is 0 Å². The second kappa shape index (κ2) is 7.29. The van der Waals surface area contributed by atoms with Crippen LogP contribution < -0.4 is 16.0 Å². The van der Waals surface area contributed by atoms with Crippen LogP contribution in [-0.2, 0) is 9.59 Å². The summed E-state index contributed by atoms with van der Waals surface area (Å²) in [5.41, 5.74) is 7.50. The third-order valence-electron chi connectivity index (χ3n) is 4.42. The van der Waals surface area contributed by atoms with Crippen LogP contribution in [0.4, 0.5) is 11.4 Å². The number of carbonyl (C=O) groups excluding carboxylic acids is 3. The van der Waals surface area contributed by atoms with Gasteiger partial charge in [0.05, 0.1) is 22.9 Å². The molecule has 1 heterocycles. The zero-order chi connectivity index (χ0) is 18.8. The van der Waals surface area contributed by atoms with E-state index in [-0.39, 0.29) is 30.3 Å². The van der Waals surface area contributed by atoms with Crippen molar-refractivity contribution in [1.82, 2.24) is 0 Å². The number of carbonyl (C=O) groups is 3. The summed E-state index contributed by atoms with van der Waals surface area (Å²) in [6, 6.07) is 12.5. The largest absolute Gasteiger partial charge is 0.366 e. The van der Waals surface area contributed by atoms with Crippen LogP contribution in [0.5, 0.6) is 0 Å². The maximum Gasteiger partial charge on any atom is 0.251 e. The predicted molar refractivity (Wildman–Crippen MR) is 103 cm³/mol. The van der Waals surface area contributed by atoms with E-state index < -0.39 is 11.8 Å². The molecule has 1 aliphatic rings. The number of nitrogens with one attached hydrogen (secondary N) is 1. The van der Waals surface area contributed by atoms with E-state index in [1.165, 1.54) is 0 Å². The van der Waals surface area contributed by atoms with Crippen molar-refractivity contribution in [2.45, 2.75) is 13.3 Å². The molecule has 0 saturated carbocycles. The molecule has 0 aromatic heterocycles. The minimum absolute atomic E-state index is 0.114.